The summed E-state index contributed by atoms with van der Waals surface area (Å²) in [6.07, 6.45) is 0. The SMILES string of the molecule is Cc1cccc(NC(=O)CCl)c1C. The predicted molar refractivity (Wildman–Crippen MR) is 55.3 cm³/mol. The number of benzene rings is 1. The van der Waals surface area contributed by atoms with Crippen molar-refractivity contribution in [2.75, 3.05) is 11.2 Å². The number of halogens is 1. The quantitative estimate of drug-likeness (QED) is 0.726. The minimum absolute atomic E-state index is 0.00657. The lowest BCUT2D eigenvalue weighted by Crippen LogP contribution is -2.13. The summed E-state index contributed by atoms with van der Waals surface area (Å²) < 4.78 is 0. The largest absolute Gasteiger partial charge is 0.325 e. The van der Waals surface area contributed by atoms with Gasteiger partial charge in [0.2, 0.25) is 5.91 Å². The molecule has 2 nitrogen and oxygen atoms in total. The second-order valence-corrected chi connectivity index (χ2v) is 3.20. The van der Waals surface area contributed by atoms with E-state index in [4.69, 9.17) is 11.6 Å². The lowest BCUT2D eigenvalue weighted by atomic mass is 10.1. The van der Waals surface area contributed by atoms with Gasteiger partial charge < -0.3 is 5.32 Å². The van der Waals surface area contributed by atoms with Crippen molar-refractivity contribution in [3.8, 4) is 0 Å². The van der Waals surface area contributed by atoms with E-state index in [2.05, 4.69) is 5.32 Å². The van der Waals surface area contributed by atoms with Crippen LogP contribution >= 0.6 is 11.6 Å². The smallest absolute Gasteiger partial charge is 0.239 e. The molecule has 0 bridgehead atoms. The number of amides is 1. The predicted octanol–water partition coefficient (Wildman–Crippen LogP) is 2.48. The third-order valence-electron chi connectivity index (χ3n) is 2.00. The van der Waals surface area contributed by atoms with Crippen LogP contribution in [0.5, 0.6) is 0 Å². The van der Waals surface area contributed by atoms with E-state index in [1.807, 2.05) is 32.0 Å². The first-order valence-electron chi connectivity index (χ1n) is 4.07. The van der Waals surface area contributed by atoms with E-state index in [0.29, 0.717) is 0 Å². The Hall–Kier alpha value is -1.02. The van der Waals surface area contributed by atoms with Gasteiger partial charge in [-0.05, 0) is 31.0 Å². The van der Waals surface area contributed by atoms with Crippen molar-refractivity contribution in [2.45, 2.75) is 13.8 Å². The summed E-state index contributed by atoms with van der Waals surface area (Å²) >= 11 is 5.38. The second-order valence-electron chi connectivity index (χ2n) is 2.93. The molecule has 0 aliphatic carbocycles. The van der Waals surface area contributed by atoms with Crippen LogP contribution in [0.2, 0.25) is 0 Å². The summed E-state index contributed by atoms with van der Waals surface area (Å²) in [7, 11) is 0. The monoisotopic (exact) mass is 197 g/mol. The lowest BCUT2D eigenvalue weighted by Gasteiger charge is -2.08. The molecule has 1 aromatic carbocycles. The van der Waals surface area contributed by atoms with E-state index >= 15 is 0 Å². The Morgan fingerprint density at radius 3 is 2.77 bits per heavy atom. The summed E-state index contributed by atoms with van der Waals surface area (Å²) in [6, 6.07) is 5.78. The highest BCUT2D eigenvalue weighted by Gasteiger charge is 2.03. The van der Waals surface area contributed by atoms with Gasteiger partial charge in [-0.25, -0.2) is 0 Å². The van der Waals surface area contributed by atoms with Gasteiger partial charge >= 0.3 is 0 Å². The van der Waals surface area contributed by atoms with Crippen molar-refractivity contribution >= 4 is 23.2 Å². The Labute approximate surface area is 82.9 Å². The topological polar surface area (TPSA) is 29.1 Å². The first-order valence-corrected chi connectivity index (χ1v) is 4.60. The van der Waals surface area contributed by atoms with Gasteiger partial charge in [0.25, 0.3) is 0 Å². The summed E-state index contributed by atoms with van der Waals surface area (Å²) in [5.41, 5.74) is 3.08. The molecular formula is C10H12ClNO. The van der Waals surface area contributed by atoms with E-state index in [1.165, 1.54) is 0 Å². The van der Waals surface area contributed by atoms with Gasteiger partial charge in [-0.2, -0.15) is 0 Å². The second kappa shape index (κ2) is 4.28. The molecule has 0 atom stereocenters. The molecule has 13 heavy (non-hydrogen) atoms. The molecule has 1 aromatic rings. The van der Waals surface area contributed by atoms with Crippen LogP contribution in [0.15, 0.2) is 18.2 Å². The van der Waals surface area contributed by atoms with Crippen molar-refractivity contribution < 1.29 is 4.79 Å². The van der Waals surface area contributed by atoms with Gasteiger partial charge in [-0.3, -0.25) is 4.79 Å². The average Bonchev–Trinajstić information content (AvgIpc) is 2.13. The maximum Gasteiger partial charge on any atom is 0.239 e. The molecule has 0 fully saturated rings. The average molecular weight is 198 g/mol. The van der Waals surface area contributed by atoms with Crippen LogP contribution in [0.4, 0.5) is 5.69 Å². The van der Waals surface area contributed by atoms with E-state index in [1.54, 1.807) is 0 Å². The van der Waals surface area contributed by atoms with Gasteiger partial charge in [-0.15, -0.1) is 11.6 Å². The number of hydrogen-bond donors (Lipinski definition) is 1. The number of rotatable bonds is 2. The summed E-state index contributed by atoms with van der Waals surface area (Å²) in [5, 5.41) is 2.73. The van der Waals surface area contributed by atoms with Gasteiger partial charge in [0.05, 0.1) is 0 Å². The third kappa shape index (κ3) is 2.46. The molecule has 0 saturated carbocycles. The standard InChI is InChI=1S/C10H12ClNO/c1-7-4-3-5-9(8(7)2)12-10(13)6-11/h3-5H,6H2,1-2H3,(H,12,13). The lowest BCUT2D eigenvalue weighted by molar-refractivity contribution is -0.113. The first-order chi connectivity index (χ1) is 6.15. The van der Waals surface area contributed by atoms with Crippen molar-refractivity contribution in [3.05, 3.63) is 29.3 Å². The van der Waals surface area contributed by atoms with E-state index in [9.17, 15) is 4.79 Å². The van der Waals surface area contributed by atoms with Crippen LogP contribution in [-0.2, 0) is 4.79 Å². The zero-order valence-corrected chi connectivity index (χ0v) is 8.48. The maximum absolute atomic E-state index is 11.0. The Morgan fingerprint density at radius 1 is 1.46 bits per heavy atom. The van der Waals surface area contributed by atoms with Gasteiger partial charge in [0, 0.05) is 5.69 Å². The summed E-state index contributed by atoms with van der Waals surface area (Å²) in [4.78, 5) is 11.0. The van der Waals surface area contributed by atoms with Crippen LogP contribution in [0.1, 0.15) is 11.1 Å². The highest BCUT2D eigenvalue weighted by atomic mass is 35.5. The van der Waals surface area contributed by atoms with Crippen LogP contribution in [0.25, 0.3) is 0 Å². The normalized spacial score (nSPS) is 9.77. The van der Waals surface area contributed by atoms with E-state index in [-0.39, 0.29) is 11.8 Å². The number of carbonyl (C=O) groups is 1. The van der Waals surface area contributed by atoms with Crippen LogP contribution in [0, 0.1) is 13.8 Å². The number of nitrogens with one attached hydrogen (secondary N) is 1. The van der Waals surface area contributed by atoms with Crippen molar-refractivity contribution in [1.29, 1.82) is 0 Å². The Morgan fingerprint density at radius 2 is 2.15 bits per heavy atom. The highest BCUT2D eigenvalue weighted by molar-refractivity contribution is 6.29. The summed E-state index contributed by atoms with van der Waals surface area (Å²) in [5.74, 6) is -0.178. The molecule has 0 aliphatic rings. The maximum atomic E-state index is 11.0. The highest BCUT2D eigenvalue weighted by Crippen LogP contribution is 2.17. The van der Waals surface area contributed by atoms with Gasteiger partial charge in [0.1, 0.15) is 5.88 Å². The molecule has 0 unspecified atom stereocenters. The first kappa shape index (κ1) is 10.1. The Kier molecular flexibility index (Phi) is 3.32. The Bertz CT molecular complexity index is 323. The number of hydrogen-bond acceptors (Lipinski definition) is 1. The molecule has 0 radical (unpaired) electrons. The number of alkyl halides is 1. The molecule has 1 amide bonds. The third-order valence-corrected chi connectivity index (χ3v) is 2.24. The minimum Gasteiger partial charge on any atom is -0.325 e. The molecule has 0 aliphatic heterocycles. The van der Waals surface area contributed by atoms with E-state index in [0.717, 1.165) is 16.8 Å². The molecule has 0 heterocycles. The van der Waals surface area contributed by atoms with Crippen LogP contribution in [0.3, 0.4) is 0 Å². The van der Waals surface area contributed by atoms with Gasteiger partial charge in [0.15, 0.2) is 0 Å². The van der Waals surface area contributed by atoms with Crippen molar-refractivity contribution in [1.82, 2.24) is 0 Å². The molecule has 1 rings (SSSR count). The molecular weight excluding hydrogens is 186 g/mol. The fraction of sp³-hybridized carbons (Fsp3) is 0.300. The fourth-order valence-corrected chi connectivity index (χ4v) is 1.14. The summed E-state index contributed by atoms with van der Waals surface area (Å²) in [6.45, 7) is 3.98. The van der Waals surface area contributed by atoms with Crippen molar-refractivity contribution in [2.24, 2.45) is 0 Å². The Balaban J connectivity index is 2.89. The number of anilines is 1. The molecule has 0 saturated heterocycles. The molecule has 0 spiro atoms. The molecule has 1 N–H and O–H groups in total. The molecule has 70 valence electrons. The van der Waals surface area contributed by atoms with Gasteiger partial charge in [-0.1, -0.05) is 12.1 Å². The molecule has 3 heteroatoms. The number of carbonyl (C=O) groups excluding carboxylic acids is 1. The zero-order valence-electron chi connectivity index (χ0n) is 7.73. The molecule has 0 aromatic heterocycles. The fourth-order valence-electron chi connectivity index (χ4n) is 1.07. The van der Waals surface area contributed by atoms with Crippen molar-refractivity contribution in [3.63, 3.8) is 0 Å². The van der Waals surface area contributed by atoms with Crippen LogP contribution < -0.4 is 5.32 Å². The van der Waals surface area contributed by atoms with E-state index < -0.39 is 0 Å². The zero-order chi connectivity index (χ0) is 9.84. The van der Waals surface area contributed by atoms with Crippen LogP contribution in [-0.4, -0.2) is 11.8 Å². The minimum atomic E-state index is -0.171. The number of aryl methyl sites for hydroxylation is 1.